The first kappa shape index (κ1) is 60.9. The van der Waals surface area contributed by atoms with Crippen LogP contribution in [0.15, 0.2) is 24.6 Å². The van der Waals surface area contributed by atoms with Crippen molar-refractivity contribution >= 4 is 29.2 Å². The standard InChI is InChI=1S/C56H90FN5O15/c1-15-43-56(10,68)48(65)35(6)51(66)58-31(2)29-54(8,69-13)49(77-53-46(64)41(59(11)12)26-32(3)72-53)33(4)47(34(5)52(67)74-43)76-45-30-55(9,70-14)50(36(7)73-45)75-44(63)18-19-60-20-22-61(23-21-60)39-28-40-42(27-38(39)57)71-25-24-62(40)37-16-17-37/h24-25,27-28,31-37,41,43,45-50,53,64-65,68H,15-23,26,29-30H2,1-14H3,(H,58,66)/t31-,32+,33+,34-,35-,36-,41-,43-,45-,46+,47+,48-,49-,50-,53+,54-,55+,56-/m1/s1. The maximum Gasteiger partial charge on any atom is 0.311 e. The van der Waals surface area contributed by atoms with Crippen LogP contribution in [0.25, 0.3) is 0 Å². The molecular weight excluding hydrogens is 1000 g/mol. The number of hydrogen-bond acceptors (Lipinski definition) is 19. The number of ether oxygens (including phenoxy) is 9. The van der Waals surface area contributed by atoms with Crippen molar-refractivity contribution in [2.75, 3.05) is 70.8 Å². The molecule has 0 unspecified atom stereocenters. The van der Waals surface area contributed by atoms with Gasteiger partial charge in [0, 0.05) is 89.7 Å². The molecule has 1 amide bonds. The number of halogens is 1. The molecule has 77 heavy (non-hydrogen) atoms. The van der Waals surface area contributed by atoms with Gasteiger partial charge in [0.15, 0.2) is 24.4 Å². The molecule has 0 radical (unpaired) electrons. The van der Waals surface area contributed by atoms with Gasteiger partial charge in [-0.05, 0) is 101 Å². The van der Waals surface area contributed by atoms with E-state index < -0.39 is 114 Å². The molecule has 1 aliphatic carbocycles. The number of likely N-dealkylation sites (N-methyl/N-ethyl adjacent to an activating group) is 1. The Morgan fingerprint density at radius 2 is 1.56 bits per heavy atom. The molecular formula is C56H90FN5O15. The highest BCUT2D eigenvalue weighted by atomic mass is 19.1. The average molecular weight is 1090 g/mol. The molecule has 18 atom stereocenters. The summed E-state index contributed by atoms with van der Waals surface area (Å²) in [7, 11) is 6.80. The maximum atomic E-state index is 15.5. The second kappa shape index (κ2) is 25.0. The third-order valence-electron chi connectivity index (χ3n) is 17.4. The number of carbonyl (C=O) groups excluding carboxylic acids is 3. The zero-order chi connectivity index (χ0) is 56.5. The molecule has 6 aliphatic rings. The van der Waals surface area contributed by atoms with E-state index in [1.54, 1.807) is 34.0 Å². The molecule has 4 saturated heterocycles. The molecule has 5 heterocycles. The molecule has 0 bridgehead atoms. The highest BCUT2D eigenvalue weighted by molar-refractivity contribution is 5.79. The Hall–Kier alpha value is -3.74. The number of aliphatic hydroxyl groups is 3. The molecule has 4 N–H and O–H groups in total. The first-order chi connectivity index (χ1) is 36.2. The summed E-state index contributed by atoms with van der Waals surface area (Å²) < 4.78 is 72.8. The zero-order valence-corrected chi connectivity index (χ0v) is 47.9. The summed E-state index contributed by atoms with van der Waals surface area (Å²) in [5.74, 6) is -4.59. The van der Waals surface area contributed by atoms with Gasteiger partial charge in [0.25, 0.3) is 0 Å². The van der Waals surface area contributed by atoms with Gasteiger partial charge in [-0.3, -0.25) is 19.3 Å². The summed E-state index contributed by atoms with van der Waals surface area (Å²) >= 11 is 0. The van der Waals surface area contributed by atoms with E-state index >= 15 is 4.39 Å². The predicted molar refractivity (Wildman–Crippen MR) is 283 cm³/mol. The fraction of sp³-hybridized carbons (Fsp3) is 0.804. The Morgan fingerprint density at radius 3 is 2.18 bits per heavy atom. The molecule has 1 aromatic carbocycles. The third-order valence-corrected chi connectivity index (χ3v) is 17.4. The van der Waals surface area contributed by atoms with Crippen molar-refractivity contribution in [1.82, 2.24) is 15.1 Å². The summed E-state index contributed by atoms with van der Waals surface area (Å²) in [6, 6.07) is 2.82. The number of cyclic esters (lactones) is 1. The van der Waals surface area contributed by atoms with Crippen LogP contribution in [-0.2, 0) is 52.3 Å². The van der Waals surface area contributed by atoms with E-state index in [9.17, 15) is 29.7 Å². The minimum Gasteiger partial charge on any atom is -0.461 e. The van der Waals surface area contributed by atoms with E-state index in [0.717, 1.165) is 18.5 Å². The van der Waals surface area contributed by atoms with Crippen LogP contribution in [0.5, 0.6) is 5.75 Å². The van der Waals surface area contributed by atoms with Crippen molar-refractivity contribution in [3.63, 3.8) is 0 Å². The van der Waals surface area contributed by atoms with Crippen LogP contribution in [0, 0.1) is 23.6 Å². The van der Waals surface area contributed by atoms with E-state index in [4.69, 9.17) is 42.6 Å². The van der Waals surface area contributed by atoms with Gasteiger partial charge in [0.05, 0.1) is 65.8 Å². The van der Waals surface area contributed by atoms with E-state index in [1.165, 1.54) is 34.1 Å². The van der Waals surface area contributed by atoms with Crippen molar-refractivity contribution < 1.29 is 76.7 Å². The largest absolute Gasteiger partial charge is 0.461 e. The SMILES string of the molecule is CC[C@H]1OC(=O)[C@H](C)[C@@H](O[C@@H]2C[C@](C)(OC)[C@H](OC(=O)CCN3CCN(c4cc5c(cc4F)OC=CN5C4CC4)CC3)[C@@H](C)O2)[C@H](C)[C@@H](O[C@@H]2O[C@@H](C)C[C@@H](N(C)C)[C@@H]2O)[C@](C)(OC)C[C@@H](C)NC(=O)[C@H](C)[C@@H](O)[C@]1(C)O. The van der Waals surface area contributed by atoms with Gasteiger partial charge in [0.1, 0.15) is 35.5 Å². The molecule has 20 nitrogen and oxygen atoms in total. The number of hydrogen-bond donors (Lipinski definition) is 4. The van der Waals surface area contributed by atoms with Crippen LogP contribution in [0.4, 0.5) is 15.8 Å². The molecule has 0 spiro atoms. The third kappa shape index (κ3) is 13.5. The summed E-state index contributed by atoms with van der Waals surface area (Å²) in [5.41, 5.74) is -3.07. The van der Waals surface area contributed by atoms with Gasteiger partial charge in [-0.1, -0.05) is 20.8 Å². The number of carbonyl (C=O) groups is 3. The second-order valence-electron chi connectivity index (χ2n) is 23.6. The van der Waals surface area contributed by atoms with Crippen molar-refractivity contribution in [3.8, 4) is 5.75 Å². The Morgan fingerprint density at radius 1 is 0.896 bits per heavy atom. The minimum atomic E-state index is -2.05. The summed E-state index contributed by atoms with van der Waals surface area (Å²) in [6.07, 6.45) is -3.64. The van der Waals surface area contributed by atoms with Gasteiger partial charge in [-0.25, -0.2) is 4.39 Å². The molecule has 5 fully saturated rings. The molecule has 21 heteroatoms. The first-order valence-corrected chi connectivity index (χ1v) is 27.9. The topological polar surface area (TPSA) is 220 Å². The second-order valence-corrected chi connectivity index (χ2v) is 23.6. The number of benzene rings is 1. The molecule has 0 aromatic heterocycles. The average Bonchev–Trinajstić information content (AvgIpc) is 4.25. The highest BCUT2D eigenvalue weighted by Gasteiger charge is 2.54. The smallest absolute Gasteiger partial charge is 0.311 e. The lowest BCUT2D eigenvalue weighted by molar-refractivity contribution is -0.320. The number of amides is 1. The summed E-state index contributed by atoms with van der Waals surface area (Å²) in [6.45, 7) is 19.9. The van der Waals surface area contributed by atoms with Crippen LogP contribution >= 0.6 is 0 Å². The van der Waals surface area contributed by atoms with E-state index in [-0.39, 0.29) is 43.6 Å². The van der Waals surface area contributed by atoms with Gasteiger partial charge >= 0.3 is 11.9 Å². The van der Waals surface area contributed by atoms with Crippen LogP contribution in [-0.4, -0.2) is 200 Å². The van der Waals surface area contributed by atoms with E-state index in [1.807, 2.05) is 63.9 Å². The summed E-state index contributed by atoms with van der Waals surface area (Å²) in [5, 5.41) is 38.2. The number of nitrogens with one attached hydrogen (secondary N) is 1. The molecule has 5 aliphatic heterocycles. The fourth-order valence-electron chi connectivity index (χ4n) is 12.3. The Balaban J connectivity index is 1.09. The normalized spacial score (nSPS) is 40.0. The first-order valence-electron chi connectivity index (χ1n) is 27.9. The lowest BCUT2D eigenvalue weighted by Crippen LogP contribution is -2.61. The Kier molecular flexibility index (Phi) is 19.7. The highest BCUT2D eigenvalue weighted by Crippen LogP contribution is 2.44. The lowest BCUT2D eigenvalue weighted by atomic mass is 9.78. The number of rotatable bonds is 14. The van der Waals surface area contributed by atoms with Gasteiger partial charge in [-0.15, -0.1) is 0 Å². The zero-order valence-electron chi connectivity index (χ0n) is 47.9. The van der Waals surface area contributed by atoms with Crippen molar-refractivity contribution in [2.24, 2.45) is 17.8 Å². The summed E-state index contributed by atoms with van der Waals surface area (Å²) in [4.78, 5) is 50.5. The number of piperazine rings is 1. The monoisotopic (exact) mass is 1090 g/mol. The molecule has 1 saturated carbocycles. The number of aliphatic hydroxyl groups excluding tert-OH is 2. The predicted octanol–water partition coefficient (Wildman–Crippen LogP) is 4.47. The van der Waals surface area contributed by atoms with Gasteiger partial charge in [0.2, 0.25) is 5.91 Å². The van der Waals surface area contributed by atoms with E-state index in [0.29, 0.717) is 56.6 Å². The van der Waals surface area contributed by atoms with Crippen molar-refractivity contribution in [1.29, 1.82) is 0 Å². The quantitative estimate of drug-likeness (QED) is 0.189. The van der Waals surface area contributed by atoms with Gasteiger partial charge in [-0.2, -0.15) is 0 Å². The number of nitrogens with zero attached hydrogens (tertiary/aromatic N) is 4. The lowest BCUT2D eigenvalue weighted by Gasteiger charge is -2.50. The number of fused-ring (bicyclic) bond motifs is 1. The fourth-order valence-corrected chi connectivity index (χ4v) is 12.3. The van der Waals surface area contributed by atoms with Crippen molar-refractivity contribution in [3.05, 3.63) is 30.4 Å². The van der Waals surface area contributed by atoms with Crippen LogP contribution in [0.3, 0.4) is 0 Å². The van der Waals surface area contributed by atoms with Crippen molar-refractivity contribution in [2.45, 2.75) is 211 Å². The van der Waals surface area contributed by atoms with Gasteiger partial charge < -0.3 is 78.0 Å². The number of anilines is 2. The molecule has 7 rings (SSSR count). The Bertz CT molecular complexity index is 2220. The van der Waals surface area contributed by atoms with Crippen LogP contribution in [0.2, 0.25) is 0 Å². The number of methoxy groups -OCH3 is 2. The number of esters is 2. The maximum absolute atomic E-state index is 15.5. The molecule has 1 aromatic rings. The van der Waals surface area contributed by atoms with E-state index in [2.05, 4.69) is 15.1 Å². The minimum absolute atomic E-state index is 0.0534. The Labute approximate surface area is 455 Å². The van der Waals surface area contributed by atoms with Crippen LogP contribution < -0.4 is 19.9 Å². The molecule has 436 valence electrons. The van der Waals surface area contributed by atoms with Crippen LogP contribution in [0.1, 0.15) is 114 Å².